The Morgan fingerprint density at radius 3 is 2.83 bits per heavy atom. The molecule has 0 aromatic heterocycles. The Bertz CT molecular complexity index is 630. The van der Waals surface area contributed by atoms with E-state index in [0.717, 1.165) is 19.5 Å². The topological polar surface area (TPSA) is 102 Å². The van der Waals surface area contributed by atoms with Crippen molar-refractivity contribution in [2.75, 3.05) is 25.0 Å². The standard InChI is InChI=1S/C17H26N4O3/c1-12-13(5-4-6-14(12)21(23)24)19-16(22)8-10-20-9-7-15(18)17(2,3)11-20/h4-6,15H,7-11,18H2,1-3H3,(H,19,22). The fourth-order valence-electron chi connectivity index (χ4n) is 3.10. The van der Waals surface area contributed by atoms with E-state index < -0.39 is 4.92 Å². The number of nitrogens with two attached hydrogens (primary N) is 1. The summed E-state index contributed by atoms with van der Waals surface area (Å²) in [4.78, 5) is 24.9. The second-order valence-electron chi connectivity index (χ2n) is 7.16. The van der Waals surface area contributed by atoms with Crippen molar-refractivity contribution in [1.82, 2.24) is 4.90 Å². The van der Waals surface area contributed by atoms with Crippen LogP contribution in [0.4, 0.5) is 11.4 Å². The molecular weight excluding hydrogens is 308 g/mol. The van der Waals surface area contributed by atoms with E-state index >= 15 is 0 Å². The van der Waals surface area contributed by atoms with E-state index in [4.69, 9.17) is 5.73 Å². The molecule has 1 amide bonds. The second kappa shape index (κ2) is 7.27. The summed E-state index contributed by atoms with van der Waals surface area (Å²) in [6.45, 7) is 8.37. The molecule has 7 heteroatoms. The highest BCUT2D eigenvalue weighted by atomic mass is 16.6. The van der Waals surface area contributed by atoms with Crippen LogP contribution < -0.4 is 11.1 Å². The molecule has 1 unspecified atom stereocenters. The molecule has 1 atom stereocenters. The zero-order valence-electron chi connectivity index (χ0n) is 14.5. The molecule has 0 bridgehead atoms. The third-order valence-electron chi connectivity index (χ3n) is 4.82. The Kier molecular flexibility index (Phi) is 5.56. The number of rotatable bonds is 5. The zero-order chi connectivity index (χ0) is 17.9. The summed E-state index contributed by atoms with van der Waals surface area (Å²) in [7, 11) is 0. The van der Waals surface area contributed by atoms with Crippen molar-refractivity contribution >= 4 is 17.3 Å². The van der Waals surface area contributed by atoms with Crippen LogP contribution in [0.25, 0.3) is 0 Å². The van der Waals surface area contributed by atoms with Gasteiger partial charge in [-0.05, 0) is 31.4 Å². The fraction of sp³-hybridized carbons (Fsp3) is 0.588. The number of anilines is 1. The van der Waals surface area contributed by atoms with Crippen molar-refractivity contribution in [3.05, 3.63) is 33.9 Å². The molecule has 1 saturated heterocycles. The molecule has 1 aliphatic heterocycles. The number of likely N-dealkylation sites (tertiary alicyclic amines) is 1. The maximum atomic E-state index is 12.2. The number of nitro benzene ring substituents is 1. The summed E-state index contributed by atoms with van der Waals surface area (Å²) in [5.74, 6) is -0.133. The highest BCUT2D eigenvalue weighted by Crippen LogP contribution is 2.28. The average Bonchev–Trinajstić information content (AvgIpc) is 2.50. The summed E-state index contributed by atoms with van der Waals surface area (Å²) in [5, 5.41) is 13.7. The molecule has 132 valence electrons. The molecule has 2 rings (SSSR count). The molecule has 1 aromatic rings. The number of hydrogen-bond donors (Lipinski definition) is 2. The Labute approximate surface area is 142 Å². The highest BCUT2D eigenvalue weighted by Gasteiger charge is 2.33. The van der Waals surface area contributed by atoms with Crippen molar-refractivity contribution < 1.29 is 9.72 Å². The second-order valence-corrected chi connectivity index (χ2v) is 7.16. The van der Waals surface area contributed by atoms with Gasteiger partial charge in [0.2, 0.25) is 5.91 Å². The molecule has 3 N–H and O–H groups in total. The van der Waals surface area contributed by atoms with Gasteiger partial charge in [-0.15, -0.1) is 0 Å². The smallest absolute Gasteiger partial charge is 0.274 e. The van der Waals surface area contributed by atoms with E-state index in [1.807, 2.05) is 0 Å². The van der Waals surface area contributed by atoms with Gasteiger partial charge in [0.05, 0.1) is 16.2 Å². The van der Waals surface area contributed by atoms with E-state index in [1.54, 1.807) is 19.1 Å². The van der Waals surface area contributed by atoms with Crippen molar-refractivity contribution in [3.63, 3.8) is 0 Å². The first-order valence-corrected chi connectivity index (χ1v) is 8.22. The van der Waals surface area contributed by atoms with Gasteiger partial charge in [0.25, 0.3) is 5.69 Å². The molecule has 0 aliphatic carbocycles. The normalized spacial score (nSPS) is 20.6. The molecule has 1 heterocycles. The predicted molar refractivity (Wildman–Crippen MR) is 93.9 cm³/mol. The number of carbonyl (C=O) groups is 1. The molecule has 1 aromatic carbocycles. The quantitative estimate of drug-likeness (QED) is 0.635. The first kappa shape index (κ1) is 18.4. The van der Waals surface area contributed by atoms with Crippen LogP contribution >= 0.6 is 0 Å². The van der Waals surface area contributed by atoms with E-state index in [-0.39, 0.29) is 23.1 Å². The maximum Gasteiger partial charge on any atom is 0.274 e. The minimum absolute atomic E-state index is 0.0135. The average molecular weight is 334 g/mol. The molecule has 1 fully saturated rings. The first-order chi connectivity index (χ1) is 11.2. The molecule has 1 aliphatic rings. The molecule has 7 nitrogen and oxygen atoms in total. The SMILES string of the molecule is Cc1c(NC(=O)CCN2CCC(N)C(C)(C)C2)cccc1[N+](=O)[O-]. The minimum atomic E-state index is -0.440. The van der Waals surface area contributed by atoms with Crippen LogP contribution in [0.2, 0.25) is 0 Å². The van der Waals surface area contributed by atoms with E-state index in [2.05, 4.69) is 24.1 Å². The van der Waals surface area contributed by atoms with Crippen LogP contribution in [0, 0.1) is 22.5 Å². The third-order valence-corrected chi connectivity index (χ3v) is 4.82. The number of benzene rings is 1. The summed E-state index contributed by atoms with van der Waals surface area (Å²) in [6, 6.07) is 4.89. The number of piperidine rings is 1. The van der Waals surface area contributed by atoms with Gasteiger partial charge in [0.15, 0.2) is 0 Å². The van der Waals surface area contributed by atoms with Crippen LogP contribution in [-0.4, -0.2) is 41.4 Å². The lowest BCUT2D eigenvalue weighted by molar-refractivity contribution is -0.385. The third kappa shape index (κ3) is 4.30. The zero-order valence-corrected chi connectivity index (χ0v) is 14.5. The summed E-state index contributed by atoms with van der Waals surface area (Å²) < 4.78 is 0. The molecule has 0 saturated carbocycles. The molecule has 0 radical (unpaired) electrons. The van der Waals surface area contributed by atoms with Crippen molar-refractivity contribution in [3.8, 4) is 0 Å². The van der Waals surface area contributed by atoms with E-state index in [9.17, 15) is 14.9 Å². The Hall–Kier alpha value is -1.99. The van der Waals surface area contributed by atoms with Gasteiger partial charge in [-0.1, -0.05) is 19.9 Å². The van der Waals surface area contributed by atoms with Gasteiger partial charge >= 0.3 is 0 Å². The summed E-state index contributed by atoms with van der Waals surface area (Å²) >= 11 is 0. The lowest BCUT2D eigenvalue weighted by Gasteiger charge is -2.42. The van der Waals surface area contributed by atoms with E-state index in [0.29, 0.717) is 24.2 Å². The maximum absolute atomic E-state index is 12.2. The number of amides is 1. The van der Waals surface area contributed by atoms with Crippen LogP contribution in [0.15, 0.2) is 18.2 Å². The fourth-order valence-corrected chi connectivity index (χ4v) is 3.10. The van der Waals surface area contributed by atoms with Crippen LogP contribution in [0.5, 0.6) is 0 Å². The van der Waals surface area contributed by atoms with Gasteiger partial charge in [-0.25, -0.2) is 0 Å². The van der Waals surface area contributed by atoms with Gasteiger partial charge in [-0.3, -0.25) is 14.9 Å². The van der Waals surface area contributed by atoms with Gasteiger partial charge in [0, 0.05) is 31.6 Å². The largest absolute Gasteiger partial charge is 0.327 e. The van der Waals surface area contributed by atoms with Gasteiger partial charge < -0.3 is 16.0 Å². The number of nitrogens with zero attached hydrogens (tertiary/aromatic N) is 2. The number of nitrogens with one attached hydrogen (secondary N) is 1. The van der Waals surface area contributed by atoms with Crippen molar-refractivity contribution in [2.45, 2.75) is 39.7 Å². The highest BCUT2D eigenvalue weighted by molar-refractivity contribution is 5.92. The number of carbonyl (C=O) groups excluding carboxylic acids is 1. The number of nitro groups is 1. The first-order valence-electron chi connectivity index (χ1n) is 8.22. The van der Waals surface area contributed by atoms with E-state index in [1.165, 1.54) is 6.07 Å². The lowest BCUT2D eigenvalue weighted by atomic mass is 9.79. The Morgan fingerprint density at radius 2 is 2.21 bits per heavy atom. The Balaban J connectivity index is 1.91. The van der Waals surface area contributed by atoms with Crippen molar-refractivity contribution in [1.29, 1.82) is 0 Å². The monoisotopic (exact) mass is 334 g/mol. The molecular formula is C17H26N4O3. The van der Waals surface area contributed by atoms with Crippen LogP contribution in [-0.2, 0) is 4.79 Å². The number of hydrogen-bond acceptors (Lipinski definition) is 5. The van der Waals surface area contributed by atoms with Crippen LogP contribution in [0.1, 0.15) is 32.3 Å². The van der Waals surface area contributed by atoms with Crippen molar-refractivity contribution in [2.24, 2.45) is 11.1 Å². The minimum Gasteiger partial charge on any atom is -0.327 e. The van der Waals surface area contributed by atoms with Gasteiger partial charge in [-0.2, -0.15) is 0 Å². The molecule has 24 heavy (non-hydrogen) atoms. The summed E-state index contributed by atoms with van der Waals surface area (Å²) in [6.07, 6.45) is 1.28. The lowest BCUT2D eigenvalue weighted by Crippen LogP contribution is -2.52. The summed E-state index contributed by atoms with van der Waals surface area (Å²) in [5.41, 5.74) is 7.16. The van der Waals surface area contributed by atoms with Gasteiger partial charge in [0.1, 0.15) is 0 Å². The molecule has 0 spiro atoms. The van der Waals surface area contributed by atoms with Crippen LogP contribution in [0.3, 0.4) is 0 Å². The Morgan fingerprint density at radius 1 is 1.50 bits per heavy atom. The predicted octanol–water partition coefficient (Wildman–Crippen LogP) is 2.29.